The number of ether oxygens (including phenoxy) is 1. The molecule has 0 aliphatic heterocycles. The van der Waals surface area contributed by atoms with Gasteiger partial charge in [0.2, 0.25) is 5.91 Å². The van der Waals surface area contributed by atoms with Gasteiger partial charge < -0.3 is 10.1 Å². The van der Waals surface area contributed by atoms with Crippen LogP contribution in [-0.2, 0) is 23.1 Å². The maximum absolute atomic E-state index is 12.5. The Morgan fingerprint density at radius 2 is 2.10 bits per heavy atom. The number of aromatic nitrogens is 4. The fourth-order valence-electron chi connectivity index (χ4n) is 2.96. The van der Waals surface area contributed by atoms with Gasteiger partial charge in [0.05, 0.1) is 12.8 Å². The van der Waals surface area contributed by atoms with Crippen LogP contribution in [0.15, 0.2) is 41.6 Å². The molecule has 0 radical (unpaired) electrons. The van der Waals surface area contributed by atoms with Crippen molar-refractivity contribution < 1.29 is 14.3 Å². The Kier molecular flexibility index (Phi) is 4.85. The van der Waals surface area contributed by atoms with Crippen LogP contribution in [0.5, 0.6) is 0 Å². The number of anilines is 1. The summed E-state index contributed by atoms with van der Waals surface area (Å²) in [4.78, 5) is 41.5. The summed E-state index contributed by atoms with van der Waals surface area (Å²) in [5, 5.41) is 7.96. The van der Waals surface area contributed by atoms with E-state index in [0.29, 0.717) is 28.2 Å². The van der Waals surface area contributed by atoms with E-state index in [1.54, 1.807) is 32.2 Å². The van der Waals surface area contributed by atoms with Crippen molar-refractivity contribution in [3.8, 4) is 0 Å². The maximum Gasteiger partial charge on any atom is 0.348 e. The summed E-state index contributed by atoms with van der Waals surface area (Å²) in [5.41, 5.74) is 0.705. The van der Waals surface area contributed by atoms with Crippen LogP contribution in [0.3, 0.4) is 0 Å². The average Bonchev–Trinajstić information content (AvgIpc) is 3.28. The highest BCUT2D eigenvalue weighted by Gasteiger charge is 2.13. The molecule has 0 atom stereocenters. The minimum atomic E-state index is -0.364. The quantitative estimate of drug-likeness (QED) is 0.504. The largest absolute Gasteiger partial charge is 0.462 e. The molecule has 148 valence electrons. The molecule has 1 amide bonds. The predicted molar refractivity (Wildman–Crippen MR) is 109 cm³/mol. The highest BCUT2D eigenvalue weighted by molar-refractivity contribution is 7.20. The molecular formula is C19H17N5O4S. The third-order valence-corrected chi connectivity index (χ3v) is 5.40. The zero-order chi connectivity index (χ0) is 20.5. The molecule has 29 heavy (non-hydrogen) atoms. The Bertz CT molecular complexity index is 1300. The molecule has 0 aliphatic carbocycles. The van der Waals surface area contributed by atoms with Gasteiger partial charge in [0.15, 0.2) is 5.65 Å². The first-order valence-corrected chi connectivity index (χ1v) is 9.65. The number of rotatable bonds is 5. The van der Waals surface area contributed by atoms with Gasteiger partial charge in [-0.1, -0.05) is 0 Å². The molecule has 0 spiro atoms. The first-order valence-electron chi connectivity index (χ1n) is 8.84. The van der Waals surface area contributed by atoms with Crippen LogP contribution in [0.1, 0.15) is 16.6 Å². The summed E-state index contributed by atoms with van der Waals surface area (Å²) < 4.78 is 8.67. The molecule has 10 heteroatoms. The summed E-state index contributed by atoms with van der Waals surface area (Å²) in [6.45, 7) is 1.89. The lowest BCUT2D eigenvalue weighted by Gasteiger charge is -2.07. The number of nitrogens with one attached hydrogen (secondary N) is 1. The topological polar surface area (TPSA) is 108 Å². The Morgan fingerprint density at radius 3 is 2.90 bits per heavy atom. The van der Waals surface area contributed by atoms with E-state index in [4.69, 9.17) is 4.74 Å². The first-order chi connectivity index (χ1) is 14.0. The van der Waals surface area contributed by atoms with Crippen LogP contribution in [0.2, 0.25) is 0 Å². The lowest BCUT2D eigenvalue weighted by atomic mass is 10.2. The Hall–Kier alpha value is -3.53. The zero-order valence-corrected chi connectivity index (χ0v) is 16.5. The average molecular weight is 411 g/mol. The van der Waals surface area contributed by atoms with Crippen LogP contribution in [0.4, 0.5) is 5.69 Å². The van der Waals surface area contributed by atoms with E-state index in [1.807, 2.05) is 6.07 Å². The molecular weight excluding hydrogens is 394 g/mol. The maximum atomic E-state index is 12.5. The van der Waals surface area contributed by atoms with Gasteiger partial charge in [-0.25, -0.2) is 9.78 Å². The van der Waals surface area contributed by atoms with Crippen molar-refractivity contribution >= 4 is 50.0 Å². The number of amides is 1. The number of carbonyl (C=O) groups is 2. The molecule has 3 aromatic heterocycles. The molecule has 9 nitrogen and oxygen atoms in total. The van der Waals surface area contributed by atoms with Crippen LogP contribution < -0.4 is 10.9 Å². The fraction of sp³-hybridized carbons (Fsp3) is 0.211. The van der Waals surface area contributed by atoms with Crippen molar-refractivity contribution in [2.75, 3.05) is 11.9 Å². The van der Waals surface area contributed by atoms with Crippen LogP contribution in [-0.4, -0.2) is 37.8 Å². The summed E-state index contributed by atoms with van der Waals surface area (Å²) in [6, 6.07) is 7.08. The monoisotopic (exact) mass is 411 g/mol. The third kappa shape index (κ3) is 3.61. The van der Waals surface area contributed by atoms with E-state index in [1.165, 1.54) is 33.1 Å². The Morgan fingerprint density at radius 1 is 1.28 bits per heavy atom. The van der Waals surface area contributed by atoms with E-state index >= 15 is 0 Å². The molecule has 3 heterocycles. The number of carbonyl (C=O) groups excluding carboxylic acids is 2. The minimum absolute atomic E-state index is 0.174. The third-order valence-electron chi connectivity index (χ3n) is 4.31. The number of nitrogens with zero attached hydrogens (tertiary/aromatic N) is 4. The van der Waals surface area contributed by atoms with Crippen LogP contribution in [0, 0.1) is 0 Å². The van der Waals surface area contributed by atoms with Gasteiger partial charge in [-0.3, -0.25) is 18.8 Å². The number of benzene rings is 1. The van der Waals surface area contributed by atoms with Gasteiger partial charge in [-0.2, -0.15) is 5.10 Å². The molecule has 0 aliphatic rings. The molecule has 0 unspecified atom stereocenters. The van der Waals surface area contributed by atoms with Crippen molar-refractivity contribution in [1.29, 1.82) is 0 Å². The fourth-order valence-corrected chi connectivity index (χ4v) is 3.90. The molecule has 0 bridgehead atoms. The first kappa shape index (κ1) is 18.8. The van der Waals surface area contributed by atoms with Crippen molar-refractivity contribution in [2.24, 2.45) is 7.05 Å². The summed E-state index contributed by atoms with van der Waals surface area (Å²) >= 11 is 1.33. The number of fused-ring (bicyclic) bond motifs is 2. The SMILES string of the molecule is CCOC(=O)c1cc2cc(NC(=O)Cn3cnc4c(cnn4C)c3=O)ccc2s1. The highest BCUT2D eigenvalue weighted by atomic mass is 32.1. The van der Waals surface area contributed by atoms with E-state index in [-0.39, 0.29) is 24.0 Å². The standard InChI is InChI=1S/C19H17N5O4S/c1-3-28-19(27)15-7-11-6-12(4-5-14(11)29-15)22-16(25)9-24-10-20-17-13(18(24)26)8-21-23(17)2/h4-8,10H,3,9H2,1-2H3,(H,22,25). The van der Waals surface area contributed by atoms with Crippen molar-refractivity contribution in [2.45, 2.75) is 13.5 Å². The Labute approximate surface area is 168 Å². The number of thiophene rings is 1. The van der Waals surface area contributed by atoms with Crippen molar-refractivity contribution in [1.82, 2.24) is 19.3 Å². The van der Waals surface area contributed by atoms with E-state index in [2.05, 4.69) is 15.4 Å². The Balaban J connectivity index is 1.52. The second-order valence-electron chi connectivity index (χ2n) is 6.31. The van der Waals surface area contributed by atoms with Gasteiger partial charge in [0.1, 0.15) is 23.1 Å². The van der Waals surface area contributed by atoms with Crippen molar-refractivity contribution in [3.63, 3.8) is 0 Å². The molecule has 0 saturated carbocycles. The van der Waals surface area contributed by atoms with Crippen LogP contribution >= 0.6 is 11.3 Å². The molecule has 0 fully saturated rings. The number of aryl methyl sites for hydroxylation is 1. The van der Waals surface area contributed by atoms with Gasteiger partial charge in [-0.15, -0.1) is 11.3 Å². The zero-order valence-electron chi connectivity index (χ0n) is 15.7. The lowest BCUT2D eigenvalue weighted by molar-refractivity contribution is -0.116. The summed E-state index contributed by atoms with van der Waals surface area (Å²) in [7, 11) is 1.69. The summed E-state index contributed by atoms with van der Waals surface area (Å²) in [5.74, 6) is -0.728. The van der Waals surface area contributed by atoms with Crippen LogP contribution in [0.25, 0.3) is 21.1 Å². The number of hydrogen-bond donors (Lipinski definition) is 1. The second kappa shape index (κ2) is 7.47. The molecule has 1 aromatic carbocycles. The highest BCUT2D eigenvalue weighted by Crippen LogP contribution is 2.28. The molecule has 4 aromatic rings. The van der Waals surface area contributed by atoms with Gasteiger partial charge >= 0.3 is 5.97 Å². The van der Waals surface area contributed by atoms with E-state index in [9.17, 15) is 14.4 Å². The van der Waals surface area contributed by atoms with Gasteiger partial charge in [0.25, 0.3) is 5.56 Å². The summed E-state index contributed by atoms with van der Waals surface area (Å²) in [6.07, 6.45) is 2.77. The normalized spacial score (nSPS) is 11.1. The number of esters is 1. The lowest BCUT2D eigenvalue weighted by Crippen LogP contribution is -2.27. The smallest absolute Gasteiger partial charge is 0.348 e. The predicted octanol–water partition coefficient (Wildman–Crippen LogP) is 2.16. The number of hydrogen-bond acceptors (Lipinski definition) is 7. The van der Waals surface area contributed by atoms with E-state index in [0.717, 1.165) is 10.1 Å². The molecule has 1 N–H and O–H groups in total. The van der Waals surface area contributed by atoms with Crippen molar-refractivity contribution in [3.05, 3.63) is 52.0 Å². The minimum Gasteiger partial charge on any atom is -0.462 e. The second-order valence-corrected chi connectivity index (χ2v) is 7.40. The van der Waals surface area contributed by atoms with Gasteiger partial charge in [0, 0.05) is 17.4 Å². The van der Waals surface area contributed by atoms with Gasteiger partial charge in [-0.05, 0) is 36.6 Å². The molecule has 0 saturated heterocycles. The molecule has 4 rings (SSSR count). The van der Waals surface area contributed by atoms with E-state index < -0.39 is 0 Å².